The Labute approximate surface area is 93.3 Å². The first-order valence-electron chi connectivity index (χ1n) is 4.95. The second-order valence-corrected chi connectivity index (χ2v) is 4.41. The van der Waals surface area contributed by atoms with Crippen molar-refractivity contribution in [3.63, 3.8) is 0 Å². The summed E-state index contributed by atoms with van der Waals surface area (Å²) < 4.78 is 2.01. The molecular weight excluding hydrogens is 212 g/mol. The first-order chi connectivity index (χ1) is 7.11. The van der Waals surface area contributed by atoms with Gasteiger partial charge in [0.2, 0.25) is 0 Å². The lowest BCUT2D eigenvalue weighted by Crippen LogP contribution is -2.11. The van der Waals surface area contributed by atoms with E-state index in [0.29, 0.717) is 17.0 Å². The Morgan fingerprint density at radius 3 is 2.73 bits per heavy atom. The van der Waals surface area contributed by atoms with E-state index in [0.717, 1.165) is 11.2 Å². The molecule has 5 heteroatoms. The summed E-state index contributed by atoms with van der Waals surface area (Å²) in [5.41, 5.74) is 1.47. The van der Waals surface area contributed by atoms with Gasteiger partial charge in [0, 0.05) is 6.04 Å². The predicted molar refractivity (Wildman–Crippen MR) is 59.9 cm³/mol. The molecule has 2 rings (SSSR count). The van der Waals surface area contributed by atoms with Crippen LogP contribution in [0.2, 0.25) is 5.02 Å². The number of nitrogens with zero attached hydrogens (tertiary/aromatic N) is 4. The molecule has 0 saturated heterocycles. The van der Waals surface area contributed by atoms with Crippen molar-refractivity contribution >= 4 is 22.8 Å². The van der Waals surface area contributed by atoms with Gasteiger partial charge >= 0.3 is 0 Å². The summed E-state index contributed by atoms with van der Waals surface area (Å²) in [7, 11) is 0. The second kappa shape index (κ2) is 3.77. The molecule has 0 N–H and O–H groups in total. The molecule has 80 valence electrons. The molecule has 0 aliphatic rings. The highest BCUT2D eigenvalue weighted by molar-refractivity contribution is 6.34. The van der Waals surface area contributed by atoms with E-state index in [1.165, 1.54) is 6.20 Å². The third-order valence-electron chi connectivity index (χ3n) is 2.72. The Morgan fingerprint density at radius 1 is 1.33 bits per heavy atom. The topological polar surface area (TPSA) is 43.6 Å². The Bertz CT molecular complexity index is 477. The smallest absolute Gasteiger partial charge is 0.184 e. The number of imidazole rings is 1. The second-order valence-electron chi connectivity index (χ2n) is 4.00. The molecular formula is C10H13ClN4. The average Bonchev–Trinajstić information content (AvgIpc) is 2.61. The highest BCUT2D eigenvalue weighted by Crippen LogP contribution is 2.24. The van der Waals surface area contributed by atoms with Gasteiger partial charge in [-0.3, -0.25) is 0 Å². The summed E-state index contributed by atoms with van der Waals surface area (Å²) >= 11 is 5.98. The quantitative estimate of drug-likeness (QED) is 0.788. The Balaban J connectivity index is 2.59. The first-order valence-corrected chi connectivity index (χ1v) is 5.32. The fourth-order valence-electron chi connectivity index (χ4n) is 1.44. The van der Waals surface area contributed by atoms with Crippen molar-refractivity contribution < 1.29 is 0 Å². The first kappa shape index (κ1) is 10.4. The monoisotopic (exact) mass is 224 g/mol. The molecule has 0 aliphatic carbocycles. The van der Waals surface area contributed by atoms with Crippen molar-refractivity contribution in [3.8, 4) is 0 Å². The van der Waals surface area contributed by atoms with Gasteiger partial charge in [-0.05, 0) is 12.8 Å². The molecule has 1 unspecified atom stereocenters. The van der Waals surface area contributed by atoms with Gasteiger partial charge < -0.3 is 4.57 Å². The van der Waals surface area contributed by atoms with E-state index in [9.17, 15) is 0 Å². The highest BCUT2D eigenvalue weighted by Gasteiger charge is 2.15. The van der Waals surface area contributed by atoms with E-state index in [1.54, 1.807) is 6.33 Å². The van der Waals surface area contributed by atoms with Crippen LogP contribution in [0, 0.1) is 5.92 Å². The molecule has 0 fully saturated rings. The fourth-order valence-corrected chi connectivity index (χ4v) is 1.61. The average molecular weight is 225 g/mol. The molecule has 0 bridgehead atoms. The maximum Gasteiger partial charge on any atom is 0.184 e. The van der Waals surface area contributed by atoms with Crippen LogP contribution in [-0.4, -0.2) is 19.7 Å². The number of rotatable bonds is 2. The fraction of sp³-hybridized carbons (Fsp3) is 0.500. The van der Waals surface area contributed by atoms with Gasteiger partial charge in [0.05, 0.1) is 17.5 Å². The minimum Gasteiger partial charge on any atom is -0.311 e. The third-order valence-corrected chi connectivity index (χ3v) is 3.00. The Hall–Kier alpha value is -1.16. The predicted octanol–water partition coefficient (Wildman–Crippen LogP) is 2.70. The number of hydrogen-bond donors (Lipinski definition) is 0. The van der Waals surface area contributed by atoms with E-state index in [2.05, 4.69) is 36.0 Å². The highest BCUT2D eigenvalue weighted by atomic mass is 35.5. The van der Waals surface area contributed by atoms with Gasteiger partial charge in [0.1, 0.15) is 5.52 Å². The van der Waals surface area contributed by atoms with Crippen LogP contribution in [0.5, 0.6) is 0 Å². The summed E-state index contributed by atoms with van der Waals surface area (Å²) in [4.78, 5) is 4.25. The van der Waals surface area contributed by atoms with E-state index in [-0.39, 0.29) is 0 Å². The van der Waals surface area contributed by atoms with Crippen LogP contribution in [0.3, 0.4) is 0 Å². The van der Waals surface area contributed by atoms with E-state index in [4.69, 9.17) is 11.6 Å². The number of aromatic nitrogens is 4. The van der Waals surface area contributed by atoms with Crippen LogP contribution >= 0.6 is 11.6 Å². The van der Waals surface area contributed by atoms with Crippen LogP contribution in [0.1, 0.15) is 26.8 Å². The minimum atomic E-state index is 0.336. The van der Waals surface area contributed by atoms with Crippen LogP contribution < -0.4 is 0 Å². The minimum absolute atomic E-state index is 0.336. The summed E-state index contributed by atoms with van der Waals surface area (Å²) in [5, 5.41) is 8.47. The molecule has 0 aliphatic heterocycles. The van der Waals surface area contributed by atoms with Gasteiger partial charge in [0.15, 0.2) is 5.65 Å². The van der Waals surface area contributed by atoms with Gasteiger partial charge in [-0.25, -0.2) is 4.98 Å². The maximum absolute atomic E-state index is 5.98. The third kappa shape index (κ3) is 1.69. The summed E-state index contributed by atoms with van der Waals surface area (Å²) in [6.07, 6.45) is 3.29. The van der Waals surface area contributed by atoms with E-state index >= 15 is 0 Å². The molecule has 15 heavy (non-hydrogen) atoms. The molecule has 0 saturated carbocycles. The lowest BCUT2D eigenvalue weighted by Gasteiger charge is -2.17. The van der Waals surface area contributed by atoms with Gasteiger partial charge in [0.25, 0.3) is 0 Å². The number of halogens is 1. The van der Waals surface area contributed by atoms with Crippen molar-refractivity contribution in [1.82, 2.24) is 19.7 Å². The molecule has 1 atom stereocenters. The standard InChI is InChI=1S/C10H13ClN4/c1-6(2)7(3)15-5-12-9-8(11)4-13-14-10(9)15/h4-7H,1-3H3. The molecule has 0 spiro atoms. The van der Waals surface area contributed by atoms with Crippen molar-refractivity contribution in [2.75, 3.05) is 0 Å². The lowest BCUT2D eigenvalue weighted by atomic mass is 10.1. The molecule has 4 nitrogen and oxygen atoms in total. The van der Waals surface area contributed by atoms with Crippen LogP contribution in [0.4, 0.5) is 0 Å². The maximum atomic E-state index is 5.98. The molecule has 0 radical (unpaired) electrons. The SMILES string of the molecule is CC(C)C(C)n1cnc2c(Cl)cnnc21. The molecule has 2 aromatic heterocycles. The van der Waals surface area contributed by atoms with Crippen molar-refractivity contribution in [1.29, 1.82) is 0 Å². The number of hydrogen-bond acceptors (Lipinski definition) is 3. The van der Waals surface area contributed by atoms with Crippen molar-refractivity contribution in [3.05, 3.63) is 17.5 Å². The Kier molecular flexibility index (Phi) is 2.61. The Morgan fingerprint density at radius 2 is 2.07 bits per heavy atom. The zero-order chi connectivity index (χ0) is 11.0. The molecule has 2 heterocycles. The van der Waals surface area contributed by atoms with Gasteiger partial charge in [-0.15, -0.1) is 5.10 Å². The molecule has 2 aromatic rings. The van der Waals surface area contributed by atoms with Gasteiger partial charge in [-0.2, -0.15) is 5.10 Å². The molecule has 0 aromatic carbocycles. The van der Waals surface area contributed by atoms with Crippen LogP contribution in [-0.2, 0) is 0 Å². The zero-order valence-corrected chi connectivity index (χ0v) is 9.73. The van der Waals surface area contributed by atoms with Crippen molar-refractivity contribution in [2.45, 2.75) is 26.8 Å². The van der Waals surface area contributed by atoms with Crippen molar-refractivity contribution in [2.24, 2.45) is 5.92 Å². The van der Waals surface area contributed by atoms with E-state index in [1.807, 2.05) is 4.57 Å². The van der Waals surface area contributed by atoms with Crippen LogP contribution in [0.15, 0.2) is 12.5 Å². The lowest BCUT2D eigenvalue weighted by molar-refractivity contribution is 0.414. The summed E-state index contributed by atoms with van der Waals surface area (Å²) in [6, 6.07) is 0.336. The number of fused-ring (bicyclic) bond motifs is 1. The summed E-state index contributed by atoms with van der Waals surface area (Å²) in [5.74, 6) is 0.517. The van der Waals surface area contributed by atoms with E-state index < -0.39 is 0 Å². The van der Waals surface area contributed by atoms with Gasteiger partial charge in [-0.1, -0.05) is 25.4 Å². The van der Waals surface area contributed by atoms with Crippen LogP contribution in [0.25, 0.3) is 11.2 Å². The zero-order valence-electron chi connectivity index (χ0n) is 8.98. The summed E-state index contributed by atoms with van der Waals surface area (Å²) in [6.45, 7) is 6.46. The largest absolute Gasteiger partial charge is 0.311 e. The molecule has 0 amide bonds. The normalized spacial score (nSPS) is 13.7.